The van der Waals surface area contributed by atoms with Gasteiger partial charge in [-0.1, -0.05) is 15.9 Å². The van der Waals surface area contributed by atoms with Crippen LogP contribution in [-0.4, -0.2) is 20.4 Å². The molecule has 0 radical (unpaired) electrons. The third kappa shape index (κ3) is 5.47. The van der Waals surface area contributed by atoms with Crippen molar-refractivity contribution in [3.8, 4) is 34.5 Å². The van der Waals surface area contributed by atoms with Crippen LogP contribution in [0.5, 0.6) is 34.5 Å². The first-order valence-electron chi connectivity index (χ1n) is 8.40. The molecule has 0 fully saturated rings. The number of benzene rings is 3. The number of aromatic hydroxyl groups is 4. The predicted molar refractivity (Wildman–Crippen MR) is 107 cm³/mol. The van der Waals surface area contributed by atoms with Crippen molar-refractivity contribution in [1.82, 2.24) is 0 Å². The average molecular weight is 447 g/mol. The van der Waals surface area contributed by atoms with Gasteiger partial charge in [0.1, 0.15) is 47.7 Å². The van der Waals surface area contributed by atoms with Gasteiger partial charge in [0.15, 0.2) is 0 Å². The zero-order chi connectivity index (χ0) is 20.1. The fraction of sp³-hybridized carbons (Fsp3) is 0.143. The quantitative estimate of drug-likeness (QED) is 0.397. The van der Waals surface area contributed by atoms with Crippen LogP contribution in [0.4, 0.5) is 0 Å². The summed E-state index contributed by atoms with van der Waals surface area (Å²) in [5.74, 6) is 0.983. The van der Waals surface area contributed by atoms with Gasteiger partial charge in [-0.2, -0.15) is 0 Å². The minimum atomic E-state index is -0.0359. The van der Waals surface area contributed by atoms with Crippen molar-refractivity contribution in [3.63, 3.8) is 0 Å². The van der Waals surface area contributed by atoms with Crippen LogP contribution < -0.4 is 9.47 Å². The Morgan fingerprint density at radius 1 is 0.536 bits per heavy atom. The van der Waals surface area contributed by atoms with Crippen LogP contribution in [0.1, 0.15) is 16.7 Å². The molecule has 0 heterocycles. The highest BCUT2D eigenvalue weighted by Crippen LogP contribution is 2.28. The van der Waals surface area contributed by atoms with E-state index in [1.165, 1.54) is 36.4 Å². The molecular weight excluding hydrogens is 428 g/mol. The Hall–Kier alpha value is -3.06. The number of hydrogen-bond donors (Lipinski definition) is 4. The molecule has 0 unspecified atom stereocenters. The van der Waals surface area contributed by atoms with Gasteiger partial charge in [-0.25, -0.2) is 0 Å². The van der Waals surface area contributed by atoms with Gasteiger partial charge in [0, 0.05) is 23.5 Å². The summed E-state index contributed by atoms with van der Waals surface area (Å²) in [6, 6.07) is 14.0. The molecule has 0 aliphatic rings. The standard InChI is InChI=1S/C21H19BrO6/c22-10-13-5-20(27-11-14-1-16(23)7-17(24)2-14)9-21(6-13)28-12-15-3-18(25)8-19(26)4-15/h1-9,23-26H,10-12H2. The zero-order valence-corrected chi connectivity index (χ0v) is 16.4. The molecule has 0 saturated carbocycles. The van der Waals surface area contributed by atoms with Crippen molar-refractivity contribution in [2.24, 2.45) is 0 Å². The van der Waals surface area contributed by atoms with Gasteiger partial charge in [0.05, 0.1) is 0 Å². The molecule has 0 aliphatic carbocycles. The van der Waals surface area contributed by atoms with Crippen LogP contribution >= 0.6 is 15.9 Å². The van der Waals surface area contributed by atoms with Crippen LogP contribution in [0.3, 0.4) is 0 Å². The van der Waals surface area contributed by atoms with Crippen molar-refractivity contribution >= 4 is 15.9 Å². The van der Waals surface area contributed by atoms with E-state index in [1.54, 1.807) is 6.07 Å². The lowest BCUT2D eigenvalue weighted by molar-refractivity contribution is 0.288. The van der Waals surface area contributed by atoms with Gasteiger partial charge in [-0.3, -0.25) is 0 Å². The van der Waals surface area contributed by atoms with E-state index in [0.717, 1.165) is 5.56 Å². The summed E-state index contributed by atoms with van der Waals surface area (Å²) in [4.78, 5) is 0. The third-order valence-corrected chi connectivity index (χ3v) is 4.48. The molecule has 6 nitrogen and oxygen atoms in total. The second-order valence-corrected chi connectivity index (χ2v) is 6.80. The molecule has 0 atom stereocenters. The maximum atomic E-state index is 9.56. The van der Waals surface area contributed by atoms with Crippen molar-refractivity contribution < 1.29 is 29.9 Å². The Balaban J connectivity index is 1.72. The first-order chi connectivity index (χ1) is 13.4. The largest absolute Gasteiger partial charge is 0.508 e. The molecule has 0 aliphatic heterocycles. The van der Waals surface area contributed by atoms with Crippen molar-refractivity contribution in [2.75, 3.05) is 0 Å². The van der Waals surface area contributed by atoms with Crippen molar-refractivity contribution in [1.29, 1.82) is 0 Å². The summed E-state index contributed by atoms with van der Waals surface area (Å²) in [6.07, 6.45) is 0. The summed E-state index contributed by atoms with van der Waals surface area (Å²) in [7, 11) is 0. The molecule has 0 spiro atoms. The van der Waals surface area contributed by atoms with E-state index in [4.69, 9.17) is 9.47 Å². The van der Waals surface area contributed by atoms with Crippen molar-refractivity contribution in [2.45, 2.75) is 18.5 Å². The first kappa shape index (κ1) is 19.7. The van der Waals surface area contributed by atoms with Crippen LogP contribution in [-0.2, 0) is 18.5 Å². The van der Waals surface area contributed by atoms with Gasteiger partial charge in [0.2, 0.25) is 0 Å². The topological polar surface area (TPSA) is 99.4 Å². The lowest BCUT2D eigenvalue weighted by Crippen LogP contribution is -1.99. The van der Waals surface area contributed by atoms with Crippen molar-refractivity contribution in [3.05, 3.63) is 71.3 Å². The number of rotatable bonds is 7. The van der Waals surface area contributed by atoms with E-state index < -0.39 is 0 Å². The molecule has 28 heavy (non-hydrogen) atoms. The molecule has 4 N–H and O–H groups in total. The van der Waals surface area contributed by atoms with E-state index in [0.29, 0.717) is 28.0 Å². The number of halogens is 1. The van der Waals surface area contributed by atoms with Crippen LogP contribution in [0.15, 0.2) is 54.6 Å². The lowest BCUT2D eigenvalue weighted by atomic mass is 10.2. The van der Waals surface area contributed by atoms with Crippen LogP contribution in [0.2, 0.25) is 0 Å². The molecule has 3 aromatic rings. The van der Waals surface area contributed by atoms with Crippen LogP contribution in [0, 0.1) is 0 Å². The van der Waals surface area contributed by atoms with Gasteiger partial charge in [-0.15, -0.1) is 0 Å². The molecule has 146 valence electrons. The fourth-order valence-corrected chi connectivity index (χ4v) is 3.01. The normalized spacial score (nSPS) is 10.6. The Morgan fingerprint density at radius 3 is 1.29 bits per heavy atom. The number of phenols is 4. The van der Waals surface area contributed by atoms with Gasteiger partial charge < -0.3 is 29.9 Å². The molecule has 0 aromatic heterocycles. The van der Waals surface area contributed by atoms with Gasteiger partial charge >= 0.3 is 0 Å². The molecular formula is C21H19BrO6. The number of phenolic OH excluding ortho intramolecular Hbond substituents is 4. The number of alkyl halides is 1. The summed E-state index contributed by atoms with van der Waals surface area (Å²) < 4.78 is 11.5. The maximum absolute atomic E-state index is 9.56. The number of ether oxygens (including phenoxy) is 2. The highest BCUT2D eigenvalue weighted by molar-refractivity contribution is 9.08. The summed E-state index contributed by atoms with van der Waals surface area (Å²) in [5.41, 5.74) is 2.18. The minimum Gasteiger partial charge on any atom is -0.508 e. The Kier molecular flexibility index (Phi) is 6.16. The highest BCUT2D eigenvalue weighted by atomic mass is 79.9. The van der Waals surface area contributed by atoms with E-state index in [1.807, 2.05) is 12.1 Å². The SMILES string of the molecule is Oc1cc(O)cc(COc2cc(CBr)cc(OCc3cc(O)cc(O)c3)c2)c1. The predicted octanol–water partition coefficient (Wildman–Crippen LogP) is 4.56. The average Bonchev–Trinajstić information content (AvgIpc) is 2.63. The number of hydrogen-bond acceptors (Lipinski definition) is 6. The summed E-state index contributed by atoms with van der Waals surface area (Å²) in [5, 5.41) is 38.8. The molecule has 7 heteroatoms. The molecule has 3 rings (SSSR count). The van der Waals surface area contributed by atoms with Gasteiger partial charge in [0.25, 0.3) is 0 Å². The second kappa shape index (κ2) is 8.75. The highest BCUT2D eigenvalue weighted by Gasteiger charge is 2.07. The smallest absolute Gasteiger partial charge is 0.123 e. The van der Waals surface area contributed by atoms with E-state index in [-0.39, 0.29) is 36.2 Å². The first-order valence-corrected chi connectivity index (χ1v) is 9.53. The summed E-state index contributed by atoms with van der Waals surface area (Å²) in [6.45, 7) is 0.321. The molecule has 0 bridgehead atoms. The molecule has 0 amide bonds. The third-order valence-electron chi connectivity index (χ3n) is 3.83. The maximum Gasteiger partial charge on any atom is 0.123 e. The summed E-state index contributed by atoms with van der Waals surface area (Å²) >= 11 is 3.41. The molecule has 0 saturated heterocycles. The molecule has 3 aromatic carbocycles. The zero-order valence-electron chi connectivity index (χ0n) is 14.8. The second-order valence-electron chi connectivity index (χ2n) is 6.24. The Bertz CT molecular complexity index is 859. The van der Waals surface area contributed by atoms with E-state index in [9.17, 15) is 20.4 Å². The van der Waals surface area contributed by atoms with E-state index in [2.05, 4.69) is 15.9 Å². The minimum absolute atomic E-state index is 0.0359. The fourth-order valence-electron chi connectivity index (χ4n) is 2.69. The van der Waals surface area contributed by atoms with E-state index >= 15 is 0 Å². The monoisotopic (exact) mass is 446 g/mol. The van der Waals surface area contributed by atoms with Gasteiger partial charge in [-0.05, 0) is 53.1 Å². The Morgan fingerprint density at radius 2 is 0.929 bits per heavy atom. The Labute approximate surface area is 170 Å². The lowest BCUT2D eigenvalue weighted by Gasteiger charge is -2.12. The van der Waals surface area contributed by atoms with Crippen LogP contribution in [0.25, 0.3) is 0 Å².